The van der Waals surface area contributed by atoms with E-state index < -0.39 is 5.60 Å². The molecule has 0 radical (unpaired) electrons. The van der Waals surface area contributed by atoms with Crippen LogP contribution in [0.25, 0.3) is 22.2 Å². The van der Waals surface area contributed by atoms with Crippen LogP contribution in [-0.4, -0.2) is 44.2 Å². The number of rotatable bonds is 4. The van der Waals surface area contributed by atoms with Gasteiger partial charge in [0.25, 0.3) is 0 Å². The van der Waals surface area contributed by atoms with Gasteiger partial charge in [-0.2, -0.15) is 0 Å². The van der Waals surface area contributed by atoms with Crippen molar-refractivity contribution in [3.8, 4) is 22.6 Å². The Morgan fingerprint density at radius 1 is 1.11 bits per heavy atom. The number of carbonyl (C=O) groups excluding carboxylic acids is 1. The fraction of sp³-hybridized carbons (Fsp3) is 0.321. The number of nitrogens with two attached hydrogens (primary N) is 1. The summed E-state index contributed by atoms with van der Waals surface area (Å²) in [5, 5.41) is 0.773. The molecule has 8 nitrogen and oxygen atoms in total. The Balaban J connectivity index is 1.48. The van der Waals surface area contributed by atoms with Gasteiger partial charge in [-0.25, -0.2) is 19.2 Å². The molecule has 3 heterocycles. The Bertz CT molecular complexity index is 1460. The summed E-state index contributed by atoms with van der Waals surface area (Å²) >= 11 is 0. The zero-order chi connectivity index (χ0) is 26.3. The van der Waals surface area contributed by atoms with Crippen molar-refractivity contribution in [3.63, 3.8) is 0 Å². The molecule has 0 bridgehead atoms. The molecule has 1 fully saturated rings. The van der Waals surface area contributed by atoms with Crippen LogP contribution >= 0.6 is 0 Å². The van der Waals surface area contributed by atoms with Crippen LogP contribution in [0, 0.1) is 12.7 Å². The third kappa shape index (κ3) is 4.94. The summed E-state index contributed by atoms with van der Waals surface area (Å²) in [6, 6.07) is 13.6. The lowest BCUT2D eigenvalue weighted by Crippen LogP contribution is -2.35. The fourth-order valence-corrected chi connectivity index (χ4v) is 4.87. The maximum atomic E-state index is 13.5. The highest BCUT2D eigenvalue weighted by molar-refractivity contribution is 6.02. The molecule has 192 valence electrons. The highest BCUT2D eigenvalue weighted by Gasteiger charge is 2.33. The molecule has 0 aliphatic carbocycles. The van der Waals surface area contributed by atoms with Crippen molar-refractivity contribution in [1.82, 2.24) is 19.4 Å². The van der Waals surface area contributed by atoms with Crippen molar-refractivity contribution in [1.29, 1.82) is 0 Å². The second-order valence-corrected chi connectivity index (χ2v) is 10.2. The zero-order valence-corrected chi connectivity index (χ0v) is 21.4. The van der Waals surface area contributed by atoms with Crippen LogP contribution in [0.1, 0.15) is 38.9 Å². The number of aromatic nitrogens is 3. The molecule has 0 unspecified atom stereocenters. The molecular weight excluding hydrogens is 473 g/mol. The third-order valence-electron chi connectivity index (χ3n) is 6.41. The van der Waals surface area contributed by atoms with Gasteiger partial charge in [0.05, 0.1) is 11.4 Å². The largest absolute Gasteiger partial charge is 0.457 e. The number of amides is 1. The Morgan fingerprint density at radius 3 is 2.57 bits per heavy atom. The number of ether oxygens (including phenoxy) is 2. The smallest absolute Gasteiger partial charge is 0.410 e. The normalized spacial score (nSPS) is 15.8. The first-order valence-corrected chi connectivity index (χ1v) is 12.2. The molecule has 9 heteroatoms. The quantitative estimate of drug-likeness (QED) is 0.361. The molecule has 37 heavy (non-hydrogen) atoms. The number of fused-ring (bicyclic) bond motifs is 1. The van der Waals surface area contributed by atoms with E-state index in [0.717, 1.165) is 34.3 Å². The summed E-state index contributed by atoms with van der Waals surface area (Å²) in [6.07, 6.45) is 1.92. The number of nitrogens with zero attached hydrogens (tertiary/aromatic N) is 4. The minimum Gasteiger partial charge on any atom is -0.457 e. The van der Waals surface area contributed by atoms with Crippen LogP contribution in [0.15, 0.2) is 54.9 Å². The van der Waals surface area contributed by atoms with Gasteiger partial charge in [-0.3, -0.25) is 0 Å². The number of anilines is 1. The van der Waals surface area contributed by atoms with Gasteiger partial charge in [0.2, 0.25) is 0 Å². The lowest BCUT2D eigenvalue weighted by Gasteiger charge is -2.24. The predicted molar refractivity (Wildman–Crippen MR) is 140 cm³/mol. The molecule has 1 saturated heterocycles. The van der Waals surface area contributed by atoms with Crippen molar-refractivity contribution in [2.45, 2.75) is 45.8 Å². The minimum absolute atomic E-state index is 0.0219. The number of hydrogen-bond donors (Lipinski definition) is 1. The van der Waals surface area contributed by atoms with Gasteiger partial charge in [0, 0.05) is 30.4 Å². The van der Waals surface area contributed by atoms with E-state index in [-0.39, 0.29) is 18.0 Å². The van der Waals surface area contributed by atoms with Gasteiger partial charge >= 0.3 is 6.09 Å². The Labute approximate surface area is 214 Å². The molecule has 2 aromatic heterocycles. The van der Waals surface area contributed by atoms with Gasteiger partial charge in [-0.1, -0.05) is 18.2 Å². The first kappa shape index (κ1) is 24.5. The average Bonchev–Trinajstić information content (AvgIpc) is 3.42. The number of likely N-dealkylation sites (tertiary alicyclic amines) is 1. The van der Waals surface area contributed by atoms with Crippen LogP contribution < -0.4 is 10.5 Å². The van der Waals surface area contributed by atoms with Gasteiger partial charge in [-0.15, -0.1) is 0 Å². The molecule has 5 rings (SSSR count). The topological polar surface area (TPSA) is 95.5 Å². The Morgan fingerprint density at radius 2 is 1.86 bits per heavy atom. The molecule has 1 amide bonds. The van der Waals surface area contributed by atoms with E-state index in [0.29, 0.717) is 30.4 Å². The van der Waals surface area contributed by atoms with Crippen molar-refractivity contribution in [3.05, 3.63) is 66.4 Å². The predicted octanol–water partition coefficient (Wildman–Crippen LogP) is 6.10. The van der Waals surface area contributed by atoms with Crippen LogP contribution in [0.4, 0.5) is 15.0 Å². The van der Waals surface area contributed by atoms with Gasteiger partial charge < -0.3 is 24.7 Å². The number of benzene rings is 2. The fourth-order valence-electron chi connectivity index (χ4n) is 4.87. The maximum Gasteiger partial charge on any atom is 0.410 e. The second kappa shape index (κ2) is 9.38. The SMILES string of the molecule is Cc1c(-c2ccc(Oc3cccc(F)c3)cc2)c2c(N)ncnc2n1[C@@H]1CCN(C(=O)OC(C)(C)C)C1. The summed E-state index contributed by atoms with van der Waals surface area (Å²) in [5.74, 6) is 1.05. The molecule has 1 aliphatic rings. The van der Waals surface area contributed by atoms with Crippen LogP contribution in [-0.2, 0) is 4.74 Å². The van der Waals surface area contributed by atoms with Gasteiger partial charge in [0.1, 0.15) is 40.7 Å². The minimum atomic E-state index is -0.551. The second-order valence-electron chi connectivity index (χ2n) is 10.2. The number of hydrogen-bond acceptors (Lipinski definition) is 6. The molecule has 4 aromatic rings. The van der Waals surface area contributed by atoms with Gasteiger partial charge in [-0.05, 0) is 63.9 Å². The Kier molecular flexibility index (Phi) is 6.23. The van der Waals surface area contributed by atoms with E-state index in [1.807, 2.05) is 52.0 Å². The monoisotopic (exact) mass is 503 g/mol. The highest BCUT2D eigenvalue weighted by atomic mass is 19.1. The van der Waals surface area contributed by atoms with E-state index in [4.69, 9.17) is 15.2 Å². The summed E-state index contributed by atoms with van der Waals surface area (Å²) < 4.78 is 27.1. The summed E-state index contributed by atoms with van der Waals surface area (Å²) in [7, 11) is 0. The highest BCUT2D eigenvalue weighted by Crippen LogP contribution is 2.40. The van der Waals surface area contributed by atoms with Gasteiger partial charge in [0.15, 0.2) is 0 Å². The zero-order valence-electron chi connectivity index (χ0n) is 21.4. The van der Waals surface area contributed by atoms with Crippen molar-refractivity contribution in [2.75, 3.05) is 18.8 Å². The van der Waals surface area contributed by atoms with E-state index in [1.165, 1.54) is 18.5 Å². The van der Waals surface area contributed by atoms with E-state index in [2.05, 4.69) is 14.5 Å². The maximum absolute atomic E-state index is 13.5. The van der Waals surface area contributed by atoms with E-state index in [1.54, 1.807) is 17.0 Å². The van der Waals surface area contributed by atoms with Crippen molar-refractivity contribution < 1.29 is 18.7 Å². The lowest BCUT2D eigenvalue weighted by molar-refractivity contribution is 0.0289. The standard InChI is InChI=1S/C28H30FN5O3/c1-17-23(18-8-10-21(11-9-18)36-22-7-5-6-19(29)14-22)24-25(30)31-16-32-26(24)34(17)20-12-13-33(15-20)27(35)37-28(2,3)4/h5-11,14,16,20H,12-13,15H2,1-4H3,(H2,30,31,32)/t20-/m1/s1. The number of carbonyl (C=O) groups is 1. The van der Waals surface area contributed by atoms with Crippen LogP contribution in [0.3, 0.4) is 0 Å². The molecule has 2 aromatic carbocycles. The van der Waals surface area contributed by atoms with E-state index >= 15 is 0 Å². The third-order valence-corrected chi connectivity index (χ3v) is 6.41. The van der Waals surface area contributed by atoms with Crippen molar-refractivity contribution >= 4 is 22.9 Å². The molecule has 0 saturated carbocycles. The average molecular weight is 504 g/mol. The lowest BCUT2D eigenvalue weighted by atomic mass is 10.0. The van der Waals surface area contributed by atoms with E-state index in [9.17, 15) is 9.18 Å². The first-order chi connectivity index (χ1) is 17.6. The van der Waals surface area contributed by atoms with Crippen molar-refractivity contribution in [2.24, 2.45) is 0 Å². The van der Waals surface area contributed by atoms with Crippen LogP contribution in [0.5, 0.6) is 11.5 Å². The summed E-state index contributed by atoms with van der Waals surface area (Å²) in [6.45, 7) is 8.74. The summed E-state index contributed by atoms with van der Waals surface area (Å²) in [5.41, 5.74) is 9.38. The molecule has 1 atom stereocenters. The molecule has 1 aliphatic heterocycles. The summed E-state index contributed by atoms with van der Waals surface area (Å²) in [4.78, 5) is 23.2. The number of halogens is 1. The molecule has 0 spiro atoms. The first-order valence-electron chi connectivity index (χ1n) is 12.2. The molecular formula is C28H30FN5O3. The van der Waals surface area contributed by atoms with Crippen LogP contribution in [0.2, 0.25) is 0 Å². The molecule has 2 N–H and O–H groups in total. The number of nitrogen functional groups attached to an aromatic ring is 1. The Hall–Kier alpha value is -4.14.